The highest BCUT2D eigenvalue weighted by atomic mass is 19.1. The van der Waals surface area contributed by atoms with Crippen LogP contribution in [0.25, 0.3) is 0 Å². The molecule has 1 aromatic heterocycles. The second kappa shape index (κ2) is 10.1. The Kier molecular flexibility index (Phi) is 6.83. The van der Waals surface area contributed by atoms with Gasteiger partial charge in [-0.15, -0.1) is 0 Å². The molecule has 4 rings (SSSR count). The Labute approximate surface area is 190 Å². The third kappa shape index (κ3) is 5.28. The Bertz CT molecular complexity index is 1100. The number of nitrogens with zero attached hydrogens (tertiary/aromatic N) is 1. The molecule has 0 radical (unpaired) electrons. The van der Waals surface area contributed by atoms with Crippen LogP contribution in [0.4, 0.5) is 14.9 Å². The number of rotatable bonds is 9. The number of carbonyl (C=O) groups excluding carboxylic acids is 3. The van der Waals surface area contributed by atoms with Crippen LogP contribution in [0.2, 0.25) is 0 Å². The zero-order valence-corrected chi connectivity index (χ0v) is 17.9. The van der Waals surface area contributed by atoms with Gasteiger partial charge in [0.15, 0.2) is 0 Å². The number of para-hydroxylation sites is 1. The molecule has 3 aromatic rings. The monoisotopic (exact) mass is 449 g/mol. The first-order chi connectivity index (χ1) is 16.0. The van der Waals surface area contributed by atoms with Gasteiger partial charge < -0.3 is 15.1 Å². The number of imide groups is 1. The molecule has 0 aliphatic carbocycles. The Morgan fingerprint density at radius 1 is 1.06 bits per heavy atom. The minimum absolute atomic E-state index is 0.0985. The first-order valence-corrected chi connectivity index (χ1v) is 10.8. The van der Waals surface area contributed by atoms with Gasteiger partial charge in [0.05, 0.1) is 12.0 Å². The lowest BCUT2D eigenvalue weighted by Gasteiger charge is -2.16. The normalized spacial score (nSPS) is 16.5. The van der Waals surface area contributed by atoms with Gasteiger partial charge in [-0.1, -0.05) is 30.3 Å². The highest BCUT2D eigenvalue weighted by Gasteiger charge is 2.38. The summed E-state index contributed by atoms with van der Waals surface area (Å²) in [6, 6.07) is 17.3. The summed E-state index contributed by atoms with van der Waals surface area (Å²) in [5.74, 6) is -0.294. The highest BCUT2D eigenvalue weighted by Crippen LogP contribution is 2.28. The average Bonchev–Trinajstić information content (AvgIpc) is 3.44. The number of furan rings is 1. The highest BCUT2D eigenvalue weighted by molar-refractivity contribution is 6.21. The number of amides is 4. The van der Waals surface area contributed by atoms with E-state index in [1.54, 1.807) is 54.8 Å². The summed E-state index contributed by atoms with van der Waals surface area (Å²) in [4.78, 5) is 38.3. The Morgan fingerprint density at radius 2 is 1.82 bits per heavy atom. The molecule has 170 valence electrons. The summed E-state index contributed by atoms with van der Waals surface area (Å²) >= 11 is 0. The van der Waals surface area contributed by atoms with E-state index in [9.17, 15) is 18.8 Å². The number of carbonyl (C=O) groups is 3. The van der Waals surface area contributed by atoms with Gasteiger partial charge >= 0.3 is 6.03 Å². The second-order valence-corrected chi connectivity index (χ2v) is 7.81. The fourth-order valence-electron chi connectivity index (χ4n) is 3.93. The first kappa shape index (κ1) is 22.3. The maximum absolute atomic E-state index is 13.3. The fraction of sp³-hybridized carbons (Fsp3) is 0.240. The predicted molar refractivity (Wildman–Crippen MR) is 120 cm³/mol. The fourth-order valence-corrected chi connectivity index (χ4v) is 3.93. The summed E-state index contributed by atoms with van der Waals surface area (Å²) in [5.41, 5.74) is 1.39. The summed E-state index contributed by atoms with van der Waals surface area (Å²) in [5, 5.41) is 5.50. The standard InChI is InChI=1S/C25H24FN3O4/c26-18-10-8-17(9-11-18)20(22-7-4-16-33-22)14-15-27-23(30)13-12-21-24(31)29(25(32)28-21)19-5-2-1-3-6-19/h1-11,16,20-21H,12-15H2,(H,27,30)(H,28,32)/t20-,21-/m1/s1. The van der Waals surface area contributed by atoms with Crippen LogP contribution in [0.15, 0.2) is 77.4 Å². The number of urea groups is 1. The lowest BCUT2D eigenvalue weighted by Crippen LogP contribution is -2.33. The van der Waals surface area contributed by atoms with Crippen LogP contribution in [0.5, 0.6) is 0 Å². The van der Waals surface area contributed by atoms with Crippen LogP contribution < -0.4 is 15.5 Å². The molecule has 1 saturated heterocycles. The summed E-state index contributed by atoms with van der Waals surface area (Å²) in [6.45, 7) is 0.378. The number of hydrogen-bond acceptors (Lipinski definition) is 4. The van der Waals surface area contributed by atoms with E-state index >= 15 is 0 Å². The van der Waals surface area contributed by atoms with Crippen LogP contribution in [0.3, 0.4) is 0 Å². The van der Waals surface area contributed by atoms with Crippen molar-refractivity contribution >= 4 is 23.5 Å². The third-order valence-electron chi connectivity index (χ3n) is 5.61. The summed E-state index contributed by atoms with van der Waals surface area (Å²) in [7, 11) is 0. The number of nitrogens with one attached hydrogen (secondary N) is 2. The van der Waals surface area contributed by atoms with Crippen LogP contribution >= 0.6 is 0 Å². The van der Waals surface area contributed by atoms with E-state index < -0.39 is 12.1 Å². The molecule has 0 spiro atoms. The number of benzene rings is 2. The van der Waals surface area contributed by atoms with Crippen molar-refractivity contribution in [3.63, 3.8) is 0 Å². The van der Waals surface area contributed by atoms with Crippen molar-refractivity contribution in [1.82, 2.24) is 10.6 Å². The van der Waals surface area contributed by atoms with Crippen molar-refractivity contribution in [3.8, 4) is 0 Å². The Balaban J connectivity index is 1.28. The predicted octanol–water partition coefficient (Wildman–Crippen LogP) is 3.96. The topological polar surface area (TPSA) is 91.7 Å². The quantitative estimate of drug-likeness (QED) is 0.484. The molecule has 7 nitrogen and oxygen atoms in total. The number of halogens is 1. The van der Waals surface area contributed by atoms with E-state index in [0.29, 0.717) is 18.7 Å². The van der Waals surface area contributed by atoms with Gasteiger partial charge in [0.1, 0.15) is 17.6 Å². The maximum atomic E-state index is 13.3. The Hall–Kier alpha value is -3.94. The lowest BCUT2D eigenvalue weighted by atomic mass is 9.93. The smallest absolute Gasteiger partial charge is 0.329 e. The van der Waals surface area contributed by atoms with E-state index in [1.807, 2.05) is 6.07 Å². The minimum Gasteiger partial charge on any atom is -0.469 e. The largest absolute Gasteiger partial charge is 0.469 e. The number of hydrogen-bond donors (Lipinski definition) is 2. The van der Waals surface area contributed by atoms with Crippen molar-refractivity contribution in [2.24, 2.45) is 0 Å². The average molecular weight is 449 g/mol. The molecule has 0 unspecified atom stereocenters. The van der Waals surface area contributed by atoms with Crippen molar-refractivity contribution in [2.75, 3.05) is 11.4 Å². The van der Waals surface area contributed by atoms with E-state index in [1.165, 1.54) is 12.1 Å². The third-order valence-corrected chi connectivity index (χ3v) is 5.61. The molecule has 2 atom stereocenters. The SMILES string of the molecule is O=C(CC[C@H]1NC(=O)N(c2ccccc2)C1=O)NCC[C@H](c1ccc(F)cc1)c1ccco1. The second-order valence-electron chi connectivity index (χ2n) is 7.81. The maximum Gasteiger partial charge on any atom is 0.329 e. The molecule has 33 heavy (non-hydrogen) atoms. The molecule has 2 aromatic carbocycles. The Morgan fingerprint density at radius 3 is 2.52 bits per heavy atom. The molecule has 4 amide bonds. The molecular formula is C25H24FN3O4. The van der Waals surface area contributed by atoms with Gasteiger partial charge in [-0.05, 0) is 54.8 Å². The van der Waals surface area contributed by atoms with Crippen LogP contribution in [0, 0.1) is 5.82 Å². The summed E-state index contributed by atoms with van der Waals surface area (Å²) < 4.78 is 18.8. The van der Waals surface area contributed by atoms with Crippen molar-refractivity contribution in [3.05, 3.63) is 90.1 Å². The van der Waals surface area contributed by atoms with Crippen LogP contribution in [-0.2, 0) is 9.59 Å². The van der Waals surface area contributed by atoms with Gasteiger partial charge in [0.2, 0.25) is 5.91 Å². The van der Waals surface area contributed by atoms with Gasteiger partial charge in [-0.25, -0.2) is 14.1 Å². The van der Waals surface area contributed by atoms with Gasteiger partial charge in [-0.3, -0.25) is 9.59 Å². The van der Waals surface area contributed by atoms with Crippen molar-refractivity contribution < 1.29 is 23.2 Å². The zero-order valence-electron chi connectivity index (χ0n) is 17.9. The molecule has 1 fully saturated rings. The van der Waals surface area contributed by atoms with Crippen molar-refractivity contribution in [1.29, 1.82) is 0 Å². The molecule has 1 aliphatic rings. The van der Waals surface area contributed by atoms with E-state index in [2.05, 4.69) is 10.6 Å². The molecule has 1 aliphatic heterocycles. The van der Waals surface area contributed by atoms with Crippen LogP contribution in [0.1, 0.15) is 36.5 Å². The minimum atomic E-state index is -0.737. The van der Waals surface area contributed by atoms with E-state index in [-0.39, 0.29) is 36.4 Å². The van der Waals surface area contributed by atoms with Crippen LogP contribution in [-0.4, -0.2) is 30.4 Å². The molecule has 2 heterocycles. The van der Waals surface area contributed by atoms with Gasteiger partial charge in [0, 0.05) is 18.9 Å². The molecule has 8 heteroatoms. The molecule has 0 saturated carbocycles. The molecule has 2 N–H and O–H groups in total. The molecular weight excluding hydrogens is 425 g/mol. The first-order valence-electron chi connectivity index (χ1n) is 10.8. The summed E-state index contributed by atoms with van der Waals surface area (Å²) in [6.07, 6.45) is 2.45. The van der Waals surface area contributed by atoms with Gasteiger partial charge in [-0.2, -0.15) is 0 Å². The van der Waals surface area contributed by atoms with E-state index in [0.717, 1.165) is 16.2 Å². The lowest BCUT2D eigenvalue weighted by molar-refractivity contribution is -0.121. The van der Waals surface area contributed by atoms with Gasteiger partial charge in [0.25, 0.3) is 5.91 Å². The van der Waals surface area contributed by atoms with E-state index in [4.69, 9.17) is 4.42 Å². The molecule has 0 bridgehead atoms. The van der Waals surface area contributed by atoms with Crippen molar-refractivity contribution in [2.45, 2.75) is 31.2 Å². The number of anilines is 1. The zero-order chi connectivity index (χ0) is 23.2.